The molecule has 0 spiro atoms. The van der Waals surface area contributed by atoms with Crippen molar-refractivity contribution in [2.24, 2.45) is 0 Å². The Labute approximate surface area is 136 Å². The maximum atomic E-state index is 12.1. The lowest BCUT2D eigenvalue weighted by Gasteiger charge is -2.12. The zero-order valence-electron chi connectivity index (χ0n) is 13.7. The Hall–Kier alpha value is -2.56. The molecule has 2 amide bonds. The van der Waals surface area contributed by atoms with Crippen molar-refractivity contribution < 1.29 is 14.0 Å². The summed E-state index contributed by atoms with van der Waals surface area (Å²) in [7, 11) is 0. The number of hydrogen-bond acceptors (Lipinski definition) is 3. The van der Waals surface area contributed by atoms with E-state index in [-0.39, 0.29) is 17.9 Å². The Morgan fingerprint density at radius 1 is 1.22 bits per heavy atom. The lowest BCUT2D eigenvalue weighted by Crippen LogP contribution is -2.32. The maximum absolute atomic E-state index is 12.1. The van der Waals surface area contributed by atoms with Crippen molar-refractivity contribution in [3.8, 4) is 0 Å². The van der Waals surface area contributed by atoms with Crippen LogP contribution in [-0.2, 0) is 6.54 Å². The van der Waals surface area contributed by atoms with Gasteiger partial charge in [0.25, 0.3) is 11.8 Å². The average molecular weight is 314 g/mol. The highest BCUT2D eigenvalue weighted by Crippen LogP contribution is 2.10. The van der Waals surface area contributed by atoms with E-state index in [2.05, 4.69) is 10.6 Å². The molecule has 0 aliphatic carbocycles. The fourth-order valence-electron chi connectivity index (χ4n) is 2.13. The first kappa shape index (κ1) is 16.8. The van der Waals surface area contributed by atoms with Gasteiger partial charge in [-0.3, -0.25) is 9.59 Å². The molecule has 1 atom stereocenters. The van der Waals surface area contributed by atoms with Gasteiger partial charge in [-0.25, -0.2) is 0 Å². The molecule has 122 valence electrons. The number of carbonyl (C=O) groups excluding carboxylic acids is 2. The minimum atomic E-state index is -0.189. The molecule has 0 fully saturated rings. The molecule has 0 aliphatic rings. The highest BCUT2D eigenvalue weighted by atomic mass is 16.3. The van der Waals surface area contributed by atoms with Crippen molar-refractivity contribution in [2.45, 2.75) is 39.8 Å². The molecule has 23 heavy (non-hydrogen) atoms. The highest BCUT2D eigenvalue weighted by molar-refractivity contribution is 5.95. The largest absolute Gasteiger partial charge is 0.469 e. The number of benzene rings is 1. The van der Waals surface area contributed by atoms with Crippen LogP contribution >= 0.6 is 0 Å². The first-order chi connectivity index (χ1) is 11.0. The lowest BCUT2D eigenvalue weighted by molar-refractivity contribution is 0.0936. The predicted octanol–water partition coefficient (Wildman–Crippen LogP) is 3.05. The van der Waals surface area contributed by atoms with E-state index < -0.39 is 0 Å². The maximum Gasteiger partial charge on any atom is 0.255 e. The number of hydrogen-bond donors (Lipinski definition) is 2. The van der Waals surface area contributed by atoms with Crippen LogP contribution in [0.4, 0.5) is 0 Å². The van der Waals surface area contributed by atoms with Crippen LogP contribution in [0.2, 0.25) is 0 Å². The van der Waals surface area contributed by atoms with E-state index in [9.17, 15) is 9.59 Å². The Balaban J connectivity index is 1.99. The Morgan fingerprint density at radius 3 is 2.65 bits per heavy atom. The van der Waals surface area contributed by atoms with Crippen LogP contribution in [0.1, 0.15) is 52.3 Å². The van der Waals surface area contributed by atoms with Gasteiger partial charge in [-0.1, -0.05) is 19.1 Å². The quantitative estimate of drug-likeness (QED) is 0.861. The number of furan rings is 1. The van der Waals surface area contributed by atoms with Crippen molar-refractivity contribution in [1.82, 2.24) is 10.6 Å². The van der Waals surface area contributed by atoms with Crippen LogP contribution in [-0.4, -0.2) is 17.9 Å². The van der Waals surface area contributed by atoms with Gasteiger partial charge in [-0.2, -0.15) is 0 Å². The van der Waals surface area contributed by atoms with Gasteiger partial charge in [0.15, 0.2) is 0 Å². The van der Waals surface area contributed by atoms with Crippen LogP contribution in [0.3, 0.4) is 0 Å². The number of nitrogens with one attached hydrogen (secondary N) is 2. The van der Waals surface area contributed by atoms with Gasteiger partial charge in [0, 0.05) is 18.2 Å². The van der Waals surface area contributed by atoms with Gasteiger partial charge >= 0.3 is 0 Å². The van der Waals surface area contributed by atoms with Gasteiger partial charge < -0.3 is 15.1 Å². The van der Waals surface area contributed by atoms with Crippen LogP contribution in [0.25, 0.3) is 0 Å². The summed E-state index contributed by atoms with van der Waals surface area (Å²) in [6.45, 7) is 6.09. The summed E-state index contributed by atoms with van der Waals surface area (Å²) in [5.41, 5.74) is 1.99. The molecule has 0 bridgehead atoms. The van der Waals surface area contributed by atoms with E-state index in [0.29, 0.717) is 23.4 Å². The van der Waals surface area contributed by atoms with Crippen molar-refractivity contribution in [1.29, 1.82) is 0 Å². The zero-order valence-corrected chi connectivity index (χ0v) is 13.7. The number of amides is 2. The highest BCUT2D eigenvalue weighted by Gasteiger charge is 2.12. The molecule has 0 unspecified atom stereocenters. The standard InChI is InChI=1S/C18H22N2O3/c1-4-12(2)20-17(21)15-7-5-6-14(10-15)11-19-18(22)16-8-9-23-13(16)3/h5-10,12H,4,11H2,1-3H3,(H,19,22)(H,20,21)/t12-/m0/s1. The average Bonchev–Trinajstić information content (AvgIpc) is 2.98. The molecule has 2 rings (SSSR count). The van der Waals surface area contributed by atoms with E-state index in [1.807, 2.05) is 26.0 Å². The third-order valence-corrected chi connectivity index (χ3v) is 3.74. The Morgan fingerprint density at radius 2 is 2.00 bits per heavy atom. The van der Waals surface area contributed by atoms with E-state index in [1.54, 1.807) is 25.1 Å². The SMILES string of the molecule is CC[C@H](C)NC(=O)c1cccc(CNC(=O)c2ccoc2C)c1. The third-order valence-electron chi connectivity index (χ3n) is 3.74. The Bertz CT molecular complexity index is 691. The van der Waals surface area contributed by atoms with Gasteiger partial charge in [-0.15, -0.1) is 0 Å². The van der Waals surface area contributed by atoms with E-state index in [0.717, 1.165) is 12.0 Å². The molecule has 0 radical (unpaired) electrons. The van der Waals surface area contributed by atoms with Gasteiger partial charge in [-0.05, 0) is 44.0 Å². The number of rotatable bonds is 6. The number of carbonyl (C=O) groups is 2. The molecule has 1 heterocycles. The fraction of sp³-hybridized carbons (Fsp3) is 0.333. The van der Waals surface area contributed by atoms with Crippen molar-refractivity contribution in [3.63, 3.8) is 0 Å². The molecular weight excluding hydrogens is 292 g/mol. The van der Waals surface area contributed by atoms with Crippen molar-refractivity contribution in [2.75, 3.05) is 0 Å². The molecule has 2 aromatic rings. The van der Waals surface area contributed by atoms with Crippen LogP contribution in [0, 0.1) is 6.92 Å². The fourth-order valence-corrected chi connectivity index (χ4v) is 2.13. The molecule has 0 saturated carbocycles. The first-order valence-electron chi connectivity index (χ1n) is 7.73. The van der Waals surface area contributed by atoms with Gasteiger partial charge in [0.05, 0.1) is 11.8 Å². The second kappa shape index (κ2) is 7.63. The van der Waals surface area contributed by atoms with Crippen LogP contribution in [0.5, 0.6) is 0 Å². The minimum absolute atomic E-state index is 0.0989. The summed E-state index contributed by atoms with van der Waals surface area (Å²) < 4.78 is 5.12. The summed E-state index contributed by atoms with van der Waals surface area (Å²) >= 11 is 0. The molecule has 0 aliphatic heterocycles. The normalized spacial score (nSPS) is 11.8. The lowest BCUT2D eigenvalue weighted by atomic mass is 10.1. The topological polar surface area (TPSA) is 71.3 Å². The summed E-state index contributed by atoms with van der Waals surface area (Å²) in [6.07, 6.45) is 2.37. The van der Waals surface area contributed by atoms with E-state index in [1.165, 1.54) is 6.26 Å². The van der Waals surface area contributed by atoms with Crippen LogP contribution in [0.15, 0.2) is 41.0 Å². The number of aryl methyl sites for hydroxylation is 1. The molecule has 0 saturated heterocycles. The molecule has 1 aromatic heterocycles. The molecular formula is C18H22N2O3. The summed E-state index contributed by atoms with van der Waals surface area (Å²) in [4.78, 5) is 24.2. The predicted molar refractivity (Wildman–Crippen MR) is 88.3 cm³/mol. The first-order valence-corrected chi connectivity index (χ1v) is 7.73. The van der Waals surface area contributed by atoms with Crippen molar-refractivity contribution >= 4 is 11.8 Å². The minimum Gasteiger partial charge on any atom is -0.469 e. The second-order valence-electron chi connectivity index (χ2n) is 5.56. The molecule has 5 nitrogen and oxygen atoms in total. The van der Waals surface area contributed by atoms with Crippen molar-refractivity contribution in [3.05, 3.63) is 59.0 Å². The Kier molecular flexibility index (Phi) is 5.57. The zero-order chi connectivity index (χ0) is 16.8. The van der Waals surface area contributed by atoms with Crippen LogP contribution < -0.4 is 10.6 Å². The van der Waals surface area contributed by atoms with Gasteiger partial charge in [0.1, 0.15) is 5.76 Å². The monoisotopic (exact) mass is 314 g/mol. The van der Waals surface area contributed by atoms with Gasteiger partial charge in [0.2, 0.25) is 0 Å². The second-order valence-corrected chi connectivity index (χ2v) is 5.56. The van der Waals surface area contributed by atoms with E-state index in [4.69, 9.17) is 4.42 Å². The molecule has 1 aromatic carbocycles. The smallest absolute Gasteiger partial charge is 0.255 e. The third kappa shape index (κ3) is 4.45. The molecule has 2 N–H and O–H groups in total. The summed E-state index contributed by atoms with van der Waals surface area (Å²) in [5, 5.41) is 5.76. The summed E-state index contributed by atoms with van der Waals surface area (Å²) in [6, 6.07) is 9.03. The summed E-state index contributed by atoms with van der Waals surface area (Å²) in [5.74, 6) is 0.299. The van der Waals surface area contributed by atoms with E-state index >= 15 is 0 Å². The molecule has 5 heteroatoms.